The predicted octanol–water partition coefficient (Wildman–Crippen LogP) is 3.73. The summed E-state index contributed by atoms with van der Waals surface area (Å²) < 4.78 is 6.56. The summed E-state index contributed by atoms with van der Waals surface area (Å²) in [5, 5.41) is 0. The van der Waals surface area contributed by atoms with Crippen LogP contribution < -0.4 is 0 Å². The van der Waals surface area contributed by atoms with Crippen molar-refractivity contribution < 1.29 is 9.53 Å². The van der Waals surface area contributed by atoms with E-state index in [0.29, 0.717) is 31.8 Å². The van der Waals surface area contributed by atoms with Gasteiger partial charge >= 0.3 is 0 Å². The van der Waals surface area contributed by atoms with E-state index in [1.165, 1.54) is 0 Å². The number of carbonyl (C=O) groups is 1. The molecule has 1 aromatic carbocycles. The smallest absolute Gasteiger partial charge is 0.132 e. The van der Waals surface area contributed by atoms with Gasteiger partial charge in [0.1, 0.15) is 5.78 Å². The molecule has 0 amide bonds. The van der Waals surface area contributed by atoms with Gasteiger partial charge in [0.05, 0.1) is 6.61 Å². The van der Waals surface area contributed by atoms with Crippen LogP contribution in [0.3, 0.4) is 0 Å². The van der Waals surface area contributed by atoms with Gasteiger partial charge in [-0.15, -0.1) is 0 Å². The second kappa shape index (κ2) is 7.58. The van der Waals surface area contributed by atoms with Crippen LogP contribution in [0.1, 0.15) is 31.7 Å². The standard InChI is InChI=1S/C13H17BrO2/c1-2-13(15)7-4-8-16-10-11-5-3-6-12(14)9-11/h3,5-6,9H,2,4,7-8,10H2,1H3. The van der Waals surface area contributed by atoms with Gasteiger partial charge in [-0.3, -0.25) is 4.79 Å². The number of hydrogen-bond acceptors (Lipinski definition) is 2. The highest BCUT2D eigenvalue weighted by molar-refractivity contribution is 9.10. The normalized spacial score (nSPS) is 10.4. The van der Waals surface area contributed by atoms with Crippen molar-refractivity contribution in [2.24, 2.45) is 0 Å². The Labute approximate surface area is 105 Å². The lowest BCUT2D eigenvalue weighted by Crippen LogP contribution is -2.00. The van der Waals surface area contributed by atoms with Gasteiger partial charge in [0.15, 0.2) is 0 Å². The highest BCUT2D eigenvalue weighted by atomic mass is 79.9. The largest absolute Gasteiger partial charge is 0.377 e. The number of ether oxygens (including phenoxy) is 1. The molecule has 0 aliphatic carbocycles. The molecule has 0 radical (unpaired) electrons. The van der Waals surface area contributed by atoms with Gasteiger partial charge in [0, 0.05) is 23.9 Å². The van der Waals surface area contributed by atoms with E-state index in [0.717, 1.165) is 16.5 Å². The summed E-state index contributed by atoms with van der Waals surface area (Å²) >= 11 is 3.41. The van der Waals surface area contributed by atoms with Crippen LogP contribution in [-0.4, -0.2) is 12.4 Å². The zero-order chi connectivity index (χ0) is 11.8. The first-order valence-electron chi connectivity index (χ1n) is 5.56. The third-order valence-corrected chi connectivity index (χ3v) is 2.79. The fraction of sp³-hybridized carbons (Fsp3) is 0.462. The van der Waals surface area contributed by atoms with E-state index in [9.17, 15) is 4.79 Å². The van der Waals surface area contributed by atoms with E-state index in [1.807, 2.05) is 31.2 Å². The lowest BCUT2D eigenvalue weighted by Gasteiger charge is -2.04. The number of rotatable bonds is 7. The van der Waals surface area contributed by atoms with Gasteiger partial charge in [0.2, 0.25) is 0 Å². The molecular formula is C13H17BrO2. The molecule has 16 heavy (non-hydrogen) atoms. The van der Waals surface area contributed by atoms with Crippen molar-refractivity contribution in [2.45, 2.75) is 32.8 Å². The molecule has 0 spiro atoms. The third-order valence-electron chi connectivity index (χ3n) is 2.30. The Morgan fingerprint density at radius 2 is 2.25 bits per heavy atom. The minimum atomic E-state index is 0.311. The van der Waals surface area contributed by atoms with E-state index in [4.69, 9.17) is 4.74 Å². The van der Waals surface area contributed by atoms with Crippen LogP contribution in [0.5, 0.6) is 0 Å². The molecule has 2 nitrogen and oxygen atoms in total. The molecule has 0 aliphatic heterocycles. The fourth-order valence-corrected chi connectivity index (χ4v) is 1.81. The number of halogens is 1. The molecule has 0 aliphatic rings. The quantitative estimate of drug-likeness (QED) is 0.714. The van der Waals surface area contributed by atoms with Gasteiger partial charge in [-0.2, -0.15) is 0 Å². The number of benzene rings is 1. The zero-order valence-corrected chi connectivity index (χ0v) is 11.1. The molecule has 0 atom stereocenters. The topological polar surface area (TPSA) is 26.3 Å². The van der Waals surface area contributed by atoms with Gasteiger partial charge in [0.25, 0.3) is 0 Å². The Kier molecular flexibility index (Phi) is 6.34. The highest BCUT2D eigenvalue weighted by Crippen LogP contribution is 2.12. The molecule has 0 fully saturated rings. The summed E-state index contributed by atoms with van der Waals surface area (Å²) in [5.74, 6) is 0.311. The summed E-state index contributed by atoms with van der Waals surface area (Å²) in [6, 6.07) is 8.05. The van der Waals surface area contributed by atoms with E-state index >= 15 is 0 Å². The molecule has 0 unspecified atom stereocenters. The summed E-state index contributed by atoms with van der Waals surface area (Å²) in [6.45, 7) is 3.16. The van der Waals surface area contributed by atoms with E-state index in [2.05, 4.69) is 15.9 Å². The van der Waals surface area contributed by atoms with Crippen molar-refractivity contribution in [1.29, 1.82) is 0 Å². The number of carbonyl (C=O) groups excluding carboxylic acids is 1. The van der Waals surface area contributed by atoms with Crippen LogP contribution in [0.2, 0.25) is 0 Å². The average molecular weight is 285 g/mol. The van der Waals surface area contributed by atoms with Gasteiger partial charge in [-0.05, 0) is 24.1 Å². The summed E-state index contributed by atoms with van der Waals surface area (Å²) in [6.07, 6.45) is 2.08. The monoisotopic (exact) mass is 284 g/mol. The molecule has 0 aromatic heterocycles. The van der Waals surface area contributed by atoms with Gasteiger partial charge in [-0.25, -0.2) is 0 Å². The van der Waals surface area contributed by atoms with Crippen molar-refractivity contribution in [3.63, 3.8) is 0 Å². The molecule has 1 aromatic rings. The molecule has 0 bridgehead atoms. The summed E-state index contributed by atoms with van der Waals surface area (Å²) in [4.78, 5) is 11.0. The maximum absolute atomic E-state index is 11.0. The Bertz CT molecular complexity index is 336. The van der Waals surface area contributed by atoms with Crippen LogP contribution >= 0.6 is 15.9 Å². The van der Waals surface area contributed by atoms with Crippen molar-refractivity contribution in [3.05, 3.63) is 34.3 Å². The van der Waals surface area contributed by atoms with E-state index in [-0.39, 0.29) is 0 Å². The van der Waals surface area contributed by atoms with Crippen molar-refractivity contribution in [1.82, 2.24) is 0 Å². The fourth-order valence-electron chi connectivity index (χ4n) is 1.36. The number of hydrogen-bond donors (Lipinski definition) is 0. The SMILES string of the molecule is CCC(=O)CCCOCc1cccc(Br)c1. The molecular weight excluding hydrogens is 268 g/mol. The lowest BCUT2D eigenvalue weighted by molar-refractivity contribution is -0.119. The maximum Gasteiger partial charge on any atom is 0.132 e. The Morgan fingerprint density at radius 1 is 1.44 bits per heavy atom. The second-order valence-corrected chi connectivity index (χ2v) is 4.59. The number of ketones is 1. The predicted molar refractivity (Wildman–Crippen MR) is 68.3 cm³/mol. The van der Waals surface area contributed by atoms with Crippen molar-refractivity contribution in [3.8, 4) is 0 Å². The molecule has 88 valence electrons. The van der Waals surface area contributed by atoms with Crippen LogP contribution in [0.15, 0.2) is 28.7 Å². The molecule has 0 saturated heterocycles. The average Bonchev–Trinajstić information content (AvgIpc) is 2.28. The first kappa shape index (κ1) is 13.4. The van der Waals surface area contributed by atoms with E-state index < -0.39 is 0 Å². The lowest BCUT2D eigenvalue weighted by atomic mass is 10.2. The van der Waals surface area contributed by atoms with Crippen LogP contribution in [-0.2, 0) is 16.1 Å². The molecule has 0 saturated carbocycles. The highest BCUT2D eigenvalue weighted by Gasteiger charge is 1.98. The minimum absolute atomic E-state index is 0.311. The van der Waals surface area contributed by atoms with Gasteiger partial charge in [-0.1, -0.05) is 35.0 Å². The Balaban J connectivity index is 2.14. The third kappa shape index (κ3) is 5.42. The molecule has 0 N–H and O–H groups in total. The minimum Gasteiger partial charge on any atom is -0.377 e. The number of Topliss-reactive ketones (excluding diaryl/α,β-unsaturated/α-hetero) is 1. The van der Waals surface area contributed by atoms with Crippen LogP contribution in [0.4, 0.5) is 0 Å². The van der Waals surface area contributed by atoms with Crippen molar-refractivity contribution >= 4 is 21.7 Å². The Hall–Kier alpha value is -0.670. The van der Waals surface area contributed by atoms with Crippen molar-refractivity contribution in [2.75, 3.05) is 6.61 Å². The van der Waals surface area contributed by atoms with Gasteiger partial charge < -0.3 is 4.74 Å². The maximum atomic E-state index is 11.0. The zero-order valence-electron chi connectivity index (χ0n) is 9.54. The second-order valence-electron chi connectivity index (χ2n) is 3.68. The van der Waals surface area contributed by atoms with E-state index in [1.54, 1.807) is 0 Å². The summed E-state index contributed by atoms with van der Waals surface area (Å²) in [7, 11) is 0. The summed E-state index contributed by atoms with van der Waals surface area (Å²) in [5.41, 5.74) is 1.15. The molecule has 0 heterocycles. The first-order valence-corrected chi connectivity index (χ1v) is 6.35. The molecule has 3 heteroatoms. The first-order chi connectivity index (χ1) is 7.72. The van der Waals surface area contributed by atoms with Crippen LogP contribution in [0, 0.1) is 0 Å². The van der Waals surface area contributed by atoms with Crippen LogP contribution in [0.25, 0.3) is 0 Å². The Morgan fingerprint density at radius 3 is 2.94 bits per heavy atom. The molecule has 1 rings (SSSR count).